The van der Waals surface area contributed by atoms with Crippen molar-refractivity contribution in [3.05, 3.63) is 59.7 Å². The van der Waals surface area contributed by atoms with E-state index < -0.39 is 0 Å². The van der Waals surface area contributed by atoms with Gasteiger partial charge in [-0.25, -0.2) is 0 Å². The maximum atomic E-state index is 12.4. The molecule has 3 N–H and O–H groups in total. The zero-order valence-electron chi connectivity index (χ0n) is 16.8. The van der Waals surface area contributed by atoms with Crippen molar-refractivity contribution in [1.82, 2.24) is 10.6 Å². The average Bonchev–Trinajstić information content (AvgIpc) is 2.73. The van der Waals surface area contributed by atoms with E-state index in [0.717, 1.165) is 18.6 Å². The van der Waals surface area contributed by atoms with Gasteiger partial charge in [0.1, 0.15) is 5.75 Å². The molecular weight excluding hydrogens is 386 g/mol. The fourth-order valence-electron chi connectivity index (χ4n) is 2.64. The Morgan fingerprint density at radius 2 is 1.72 bits per heavy atom. The topological polar surface area (TPSA) is 79.5 Å². The molecule has 0 aliphatic carbocycles. The first kappa shape index (κ1) is 22.4. The summed E-state index contributed by atoms with van der Waals surface area (Å²) in [5, 5.41) is 8.26. The lowest BCUT2D eigenvalue weighted by atomic mass is 10.2. The molecule has 0 heterocycles. The van der Waals surface area contributed by atoms with Gasteiger partial charge < -0.3 is 15.4 Å². The molecular formula is C22H27N3O3S. The highest BCUT2D eigenvalue weighted by molar-refractivity contribution is 7.80. The van der Waals surface area contributed by atoms with Crippen molar-refractivity contribution in [3.63, 3.8) is 0 Å². The number of thiocarbonyl (C=S) groups is 1. The summed E-state index contributed by atoms with van der Waals surface area (Å²) in [5.74, 6) is 0.223. The number of hydrogen-bond acceptors (Lipinski definition) is 4. The number of amides is 2. The summed E-state index contributed by atoms with van der Waals surface area (Å²) in [6.07, 6.45) is 4.59. The monoisotopic (exact) mass is 413 g/mol. The van der Waals surface area contributed by atoms with Crippen LogP contribution in [0.1, 0.15) is 53.3 Å². The number of rotatable bonds is 9. The van der Waals surface area contributed by atoms with Crippen LogP contribution in [0.2, 0.25) is 0 Å². The van der Waals surface area contributed by atoms with Crippen LogP contribution in [0.15, 0.2) is 48.5 Å². The second-order valence-corrected chi connectivity index (χ2v) is 6.91. The zero-order chi connectivity index (χ0) is 21.1. The number of ether oxygens (including phenoxy) is 1. The Balaban J connectivity index is 1.85. The van der Waals surface area contributed by atoms with Crippen LogP contribution in [-0.2, 0) is 0 Å². The first-order valence-electron chi connectivity index (χ1n) is 9.71. The predicted octanol–water partition coefficient (Wildman–Crippen LogP) is 4.13. The van der Waals surface area contributed by atoms with Gasteiger partial charge in [-0.2, -0.15) is 0 Å². The van der Waals surface area contributed by atoms with Gasteiger partial charge in [0.05, 0.1) is 6.61 Å². The molecule has 0 atom stereocenters. The number of unbranched alkanes of at least 4 members (excludes halogenated alkanes) is 3. The first-order chi connectivity index (χ1) is 14.0. The third kappa shape index (κ3) is 7.54. The highest BCUT2D eigenvalue weighted by atomic mass is 32.1. The van der Waals surface area contributed by atoms with E-state index >= 15 is 0 Å². The number of carbonyl (C=O) groups excluding carboxylic acids is 2. The summed E-state index contributed by atoms with van der Waals surface area (Å²) in [5.41, 5.74) is 1.59. The Labute approximate surface area is 177 Å². The van der Waals surface area contributed by atoms with Gasteiger partial charge in [0.15, 0.2) is 5.11 Å². The highest BCUT2D eigenvalue weighted by Crippen LogP contribution is 2.14. The maximum absolute atomic E-state index is 12.4. The van der Waals surface area contributed by atoms with Crippen LogP contribution in [0.5, 0.6) is 5.75 Å². The standard InChI is InChI=1S/C22H27N3O3S/c1-3-4-5-6-14-28-19-12-10-16(11-13-19)21(27)25-22(29)24-18-9-7-8-17(15-18)20(26)23-2/h7-13,15H,3-6,14H2,1-2H3,(H,23,26)(H2,24,25,27,29). The van der Waals surface area contributed by atoms with Crippen LogP contribution < -0.4 is 20.7 Å². The molecule has 0 aliphatic heterocycles. The van der Waals surface area contributed by atoms with E-state index in [1.165, 1.54) is 12.8 Å². The normalized spacial score (nSPS) is 10.1. The Morgan fingerprint density at radius 3 is 2.41 bits per heavy atom. The van der Waals surface area contributed by atoms with Gasteiger partial charge in [-0.3, -0.25) is 14.9 Å². The van der Waals surface area contributed by atoms with E-state index in [9.17, 15) is 9.59 Å². The minimum atomic E-state index is -0.320. The van der Waals surface area contributed by atoms with E-state index in [2.05, 4.69) is 22.9 Å². The van der Waals surface area contributed by atoms with Crippen molar-refractivity contribution in [2.45, 2.75) is 32.6 Å². The Bertz CT molecular complexity index is 837. The first-order valence-corrected chi connectivity index (χ1v) is 10.1. The van der Waals surface area contributed by atoms with E-state index in [1.807, 2.05) is 0 Å². The summed E-state index contributed by atoms with van der Waals surface area (Å²) in [7, 11) is 1.57. The van der Waals surface area contributed by atoms with Crippen LogP contribution in [0.25, 0.3) is 0 Å². The van der Waals surface area contributed by atoms with E-state index in [0.29, 0.717) is 23.4 Å². The molecule has 0 bridgehead atoms. The molecule has 7 heteroatoms. The maximum Gasteiger partial charge on any atom is 0.257 e. The molecule has 0 saturated carbocycles. The van der Waals surface area contributed by atoms with Crippen LogP contribution in [0.3, 0.4) is 0 Å². The Kier molecular flexibility index (Phi) is 9.11. The molecule has 6 nitrogen and oxygen atoms in total. The van der Waals surface area contributed by atoms with Crippen LogP contribution in [0, 0.1) is 0 Å². The molecule has 29 heavy (non-hydrogen) atoms. The van der Waals surface area contributed by atoms with Gasteiger partial charge >= 0.3 is 0 Å². The SMILES string of the molecule is CCCCCCOc1ccc(C(=O)NC(=S)Nc2cccc(C(=O)NC)c2)cc1. The van der Waals surface area contributed by atoms with E-state index in [1.54, 1.807) is 55.6 Å². The van der Waals surface area contributed by atoms with Gasteiger partial charge in [-0.05, 0) is 61.1 Å². The van der Waals surface area contributed by atoms with Gasteiger partial charge in [-0.15, -0.1) is 0 Å². The summed E-state index contributed by atoms with van der Waals surface area (Å²) in [4.78, 5) is 24.1. The molecule has 0 aliphatic rings. The number of benzene rings is 2. The van der Waals surface area contributed by atoms with Crippen molar-refractivity contribution in [2.75, 3.05) is 19.0 Å². The van der Waals surface area contributed by atoms with Gasteiger partial charge in [-0.1, -0.05) is 32.3 Å². The summed E-state index contributed by atoms with van der Waals surface area (Å²) in [6, 6.07) is 13.8. The molecule has 0 radical (unpaired) electrons. The molecule has 0 unspecified atom stereocenters. The highest BCUT2D eigenvalue weighted by Gasteiger charge is 2.09. The lowest BCUT2D eigenvalue weighted by Gasteiger charge is -2.11. The number of carbonyl (C=O) groups is 2. The van der Waals surface area contributed by atoms with Gasteiger partial charge in [0.2, 0.25) is 0 Å². The van der Waals surface area contributed by atoms with Gasteiger partial charge in [0.25, 0.3) is 11.8 Å². The van der Waals surface area contributed by atoms with Crippen molar-refractivity contribution >= 4 is 34.8 Å². The predicted molar refractivity (Wildman–Crippen MR) is 120 cm³/mol. The molecule has 0 spiro atoms. The van der Waals surface area contributed by atoms with Crippen molar-refractivity contribution in [3.8, 4) is 5.75 Å². The molecule has 2 aromatic rings. The molecule has 0 saturated heterocycles. The molecule has 0 fully saturated rings. The Morgan fingerprint density at radius 1 is 0.966 bits per heavy atom. The third-order valence-electron chi connectivity index (χ3n) is 4.22. The molecule has 2 aromatic carbocycles. The number of nitrogens with one attached hydrogen (secondary N) is 3. The molecule has 2 rings (SSSR count). The van der Waals surface area contributed by atoms with Gasteiger partial charge in [0, 0.05) is 23.9 Å². The van der Waals surface area contributed by atoms with Crippen LogP contribution >= 0.6 is 12.2 Å². The second kappa shape index (κ2) is 11.8. The van der Waals surface area contributed by atoms with E-state index in [-0.39, 0.29) is 16.9 Å². The molecule has 2 amide bonds. The van der Waals surface area contributed by atoms with Crippen molar-refractivity contribution in [1.29, 1.82) is 0 Å². The smallest absolute Gasteiger partial charge is 0.257 e. The fraction of sp³-hybridized carbons (Fsp3) is 0.318. The van der Waals surface area contributed by atoms with Crippen LogP contribution in [-0.4, -0.2) is 30.6 Å². The largest absolute Gasteiger partial charge is 0.494 e. The second-order valence-electron chi connectivity index (χ2n) is 6.50. The lowest BCUT2D eigenvalue weighted by molar-refractivity contribution is 0.0959. The quantitative estimate of drug-likeness (QED) is 0.425. The van der Waals surface area contributed by atoms with Crippen molar-refractivity contribution in [2.24, 2.45) is 0 Å². The lowest BCUT2D eigenvalue weighted by Crippen LogP contribution is -2.34. The third-order valence-corrected chi connectivity index (χ3v) is 4.42. The fourth-order valence-corrected chi connectivity index (χ4v) is 2.85. The Hall–Kier alpha value is -2.93. The van der Waals surface area contributed by atoms with Crippen molar-refractivity contribution < 1.29 is 14.3 Å². The van der Waals surface area contributed by atoms with E-state index in [4.69, 9.17) is 17.0 Å². The molecule has 0 aromatic heterocycles. The van der Waals surface area contributed by atoms with Crippen LogP contribution in [0.4, 0.5) is 5.69 Å². The molecule has 154 valence electrons. The average molecular weight is 414 g/mol. The summed E-state index contributed by atoms with van der Waals surface area (Å²) >= 11 is 5.20. The minimum Gasteiger partial charge on any atom is -0.494 e. The zero-order valence-corrected chi connectivity index (χ0v) is 17.6. The summed E-state index contributed by atoms with van der Waals surface area (Å²) < 4.78 is 5.68. The summed E-state index contributed by atoms with van der Waals surface area (Å²) in [6.45, 7) is 2.85. The number of hydrogen-bond donors (Lipinski definition) is 3. The number of anilines is 1. The minimum absolute atomic E-state index is 0.153.